The number of rotatable bonds is 5. The van der Waals surface area contributed by atoms with E-state index in [0.29, 0.717) is 29.9 Å². The first-order valence-electron chi connectivity index (χ1n) is 11.0. The number of para-hydroxylation sites is 1. The summed E-state index contributed by atoms with van der Waals surface area (Å²) in [5, 5.41) is 3.37. The normalized spacial score (nSPS) is 25.2. The molecule has 0 saturated carbocycles. The van der Waals surface area contributed by atoms with Crippen LogP contribution in [0.2, 0.25) is 0 Å². The SMILES string of the molecule is COc1ccccc1[C@@H]1C(C(=O)OC[C@H]2CCCO2)=C(C)NC2=C1C(=O)CC(C)(C)C2. The lowest BCUT2D eigenvalue weighted by molar-refractivity contribution is -0.142. The highest BCUT2D eigenvalue weighted by atomic mass is 16.6. The van der Waals surface area contributed by atoms with Crippen molar-refractivity contribution in [2.45, 2.75) is 58.5 Å². The topological polar surface area (TPSA) is 73.9 Å². The summed E-state index contributed by atoms with van der Waals surface area (Å²) in [5.74, 6) is -0.226. The van der Waals surface area contributed by atoms with Crippen molar-refractivity contribution < 1.29 is 23.8 Å². The lowest BCUT2D eigenvalue weighted by atomic mass is 9.68. The number of hydrogen-bond acceptors (Lipinski definition) is 6. The highest BCUT2D eigenvalue weighted by Crippen LogP contribution is 2.48. The Morgan fingerprint density at radius 3 is 2.74 bits per heavy atom. The standard InChI is InChI=1S/C25H31NO5/c1-15-21(24(28)31-14-16-8-7-11-30-16)22(17-9-5-6-10-20(17)29-4)23-18(26-15)12-25(2,3)13-19(23)27/h5-6,9-10,16,22,26H,7-8,11-14H2,1-4H3/t16-,22-/m1/s1. The minimum atomic E-state index is -0.520. The first-order chi connectivity index (χ1) is 14.8. The molecule has 1 N–H and O–H groups in total. The van der Waals surface area contributed by atoms with Crippen molar-refractivity contribution in [3.05, 3.63) is 52.4 Å². The van der Waals surface area contributed by atoms with E-state index in [-0.39, 0.29) is 23.9 Å². The van der Waals surface area contributed by atoms with Crippen LogP contribution in [0.4, 0.5) is 0 Å². The van der Waals surface area contributed by atoms with E-state index in [1.807, 2.05) is 31.2 Å². The van der Waals surface area contributed by atoms with Gasteiger partial charge in [0.15, 0.2) is 5.78 Å². The Hall–Kier alpha value is -2.60. The van der Waals surface area contributed by atoms with Gasteiger partial charge < -0.3 is 19.5 Å². The molecule has 3 aliphatic rings. The number of ether oxygens (including phenoxy) is 3. The van der Waals surface area contributed by atoms with Crippen LogP contribution in [-0.2, 0) is 19.1 Å². The number of hydrogen-bond donors (Lipinski definition) is 1. The fourth-order valence-corrected chi connectivity index (χ4v) is 4.94. The van der Waals surface area contributed by atoms with E-state index >= 15 is 0 Å². The molecule has 0 unspecified atom stereocenters. The summed E-state index contributed by atoms with van der Waals surface area (Å²) in [6, 6.07) is 7.57. The van der Waals surface area contributed by atoms with Gasteiger partial charge in [-0.2, -0.15) is 0 Å². The zero-order valence-corrected chi connectivity index (χ0v) is 18.7. The summed E-state index contributed by atoms with van der Waals surface area (Å²) < 4.78 is 16.9. The van der Waals surface area contributed by atoms with Crippen molar-refractivity contribution >= 4 is 11.8 Å². The summed E-state index contributed by atoms with van der Waals surface area (Å²) in [6.45, 7) is 7.00. The average Bonchev–Trinajstić information content (AvgIpc) is 3.23. The Bertz CT molecular complexity index is 952. The van der Waals surface area contributed by atoms with Crippen molar-refractivity contribution in [2.24, 2.45) is 5.41 Å². The van der Waals surface area contributed by atoms with Crippen molar-refractivity contribution in [3.63, 3.8) is 0 Å². The van der Waals surface area contributed by atoms with Crippen LogP contribution in [0.25, 0.3) is 0 Å². The molecule has 0 aromatic heterocycles. The summed E-state index contributed by atoms with van der Waals surface area (Å²) in [6.07, 6.45) is 3.00. The van der Waals surface area contributed by atoms with Gasteiger partial charge in [-0.3, -0.25) is 4.79 Å². The molecule has 31 heavy (non-hydrogen) atoms. The maximum atomic E-state index is 13.3. The maximum Gasteiger partial charge on any atom is 0.336 e. The van der Waals surface area contributed by atoms with Crippen LogP contribution >= 0.6 is 0 Å². The second-order valence-corrected chi connectivity index (χ2v) is 9.41. The fraction of sp³-hybridized carbons (Fsp3) is 0.520. The average molecular weight is 426 g/mol. The van der Waals surface area contributed by atoms with Gasteiger partial charge in [0.2, 0.25) is 0 Å². The van der Waals surface area contributed by atoms with Crippen LogP contribution < -0.4 is 10.1 Å². The molecule has 2 atom stereocenters. The van der Waals surface area contributed by atoms with Gasteiger partial charge in [0.1, 0.15) is 12.4 Å². The second kappa shape index (κ2) is 8.50. The molecule has 1 saturated heterocycles. The third-order valence-corrected chi connectivity index (χ3v) is 6.33. The molecule has 1 aromatic rings. The quantitative estimate of drug-likeness (QED) is 0.719. The molecular weight excluding hydrogens is 394 g/mol. The number of allylic oxidation sites excluding steroid dienone is 3. The Morgan fingerprint density at radius 1 is 1.26 bits per heavy atom. The largest absolute Gasteiger partial charge is 0.496 e. The predicted molar refractivity (Wildman–Crippen MR) is 117 cm³/mol. The van der Waals surface area contributed by atoms with Crippen molar-refractivity contribution in [1.82, 2.24) is 5.32 Å². The van der Waals surface area contributed by atoms with Crippen molar-refractivity contribution in [2.75, 3.05) is 20.3 Å². The predicted octanol–water partition coefficient (Wildman–Crippen LogP) is 4.02. The zero-order valence-electron chi connectivity index (χ0n) is 18.7. The fourth-order valence-electron chi connectivity index (χ4n) is 4.94. The molecule has 0 amide bonds. The van der Waals surface area contributed by atoms with Crippen LogP contribution in [0.1, 0.15) is 57.9 Å². The molecule has 166 valence electrons. The van der Waals surface area contributed by atoms with Gasteiger partial charge >= 0.3 is 5.97 Å². The highest BCUT2D eigenvalue weighted by Gasteiger charge is 2.44. The van der Waals surface area contributed by atoms with Gasteiger partial charge in [0.25, 0.3) is 0 Å². The van der Waals surface area contributed by atoms with Gasteiger partial charge in [-0.05, 0) is 37.7 Å². The Kier molecular flexibility index (Phi) is 5.93. The number of benzene rings is 1. The second-order valence-electron chi connectivity index (χ2n) is 9.41. The first kappa shape index (κ1) is 21.6. The van der Waals surface area contributed by atoms with Gasteiger partial charge in [0, 0.05) is 35.6 Å². The zero-order chi connectivity index (χ0) is 22.2. The molecule has 6 nitrogen and oxygen atoms in total. The van der Waals surface area contributed by atoms with Crippen LogP contribution in [0.15, 0.2) is 46.8 Å². The summed E-state index contributed by atoms with van der Waals surface area (Å²) in [5.41, 5.74) is 3.40. The van der Waals surface area contributed by atoms with E-state index in [1.165, 1.54) is 0 Å². The maximum absolute atomic E-state index is 13.3. The number of ketones is 1. The Morgan fingerprint density at radius 2 is 2.03 bits per heavy atom. The molecule has 6 heteroatoms. The smallest absolute Gasteiger partial charge is 0.336 e. The molecule has 0 bridgehead atoms. The molecule has 1 aromatic carbocycles. The number of nitrogens with one attached hydrogen (secondary N) is 1. The van der Waals surface area contributed by atoms with Gasteiger partial charge in [-0.25, -0.2) is 4.79 Å². The van der Waals surface area contributed by atoms with Crippen LogP contribution in [0.3, 0.4) is 0 Å². The minimum Gasteiger partial charge on any atom is -0.496 e. The van der Waals surface area contributed by atoms with Crippen molar-refractivity contribution in [1.29, 1.82) is 0 Å². The van der Waals surface area contributed by atoms with E-state index in [1.54, 1.807) is 7.11 Å². The number of dihydropyridines is 1. The molecule has 1 fully saturated rings. The van der Waals surface area contributed by atoms with Crippen LogP contribution in [-0.4, -0.2) is 38.2 Å². The number of carbonyl (C=O) groups is 2. The van der Waals surface area contributed by atoms with E-state index < -0.39 is 11.9 Å². The molecule has 2 heterocycles. The van der Waals surface area contributed by atoms with E-state index in [4.69, 9.17) is 14.2 Å². The number of Topliss-reactive ketones (excluding diaryl/α,β-unsaturated/α-hetero) is 1. The lowest BCUT2D eigenvalue weighted by Crippen LogP contribution is -2.39. The van der Waals surface area contributed by atoms with Gasteiger partial charge in [0.05, 0.1) is 24.7 Å². The number of carbonyl (C=O) groups excluding carboxylic acids is 2. The van der Waals surface area contributed by atoms with Gasteiger partial charge in [-0.1, -0.05) is 32.0 Å². The van der Waals surface area contributed by atoms with Crippen LogP contribution in [0, 0.1) is 5.41 Å². The molecule has 2 aliphatic heterocycles. The van der Waals surface area contributed by atoms with E-state index in [2.05, 4.69) is 19.2 Å². The minimum absolute atomic E-state index is 0.0574. The Labute approximate surface area is 183 Å². The molecule has 1 aliphatic carbocycles. The monoisotopic (exact) mass is 425 g/mol. The Balaban J connectivity index is 1.75. The van der Waals surface area contributed by atoms with E-state index in [0.717, 1.165) is 36.2 Å². The first-order valence-corrected chi connectivity index (χ1v) is 11.0. The third kappa shape index (κ3) is 4.26. The number of esters is 1. The van der Waals surface area contributed by atoms with E-state index in [9.17, 15) is 9.59 Å². The number of methoxy groups -OCH3 is 1. The van der Waals surface area contributed by atoms with Crippen molar-refractivity contribution in [3.8, 4) is 5.75 Å². The lowest BCUT2D eigenvalue weighted by Gasteiger charge is -2.39. The third-order valence-electron chi connectivity index (χ3n) is 6.33. The highest BCUT2D eigenvalue weighted by molar-refractivity contribution is 6.04. The molecule has 0 spiro atoms. The van der Waals surface area contributed by atoms with Gasteiger partial charge in [-0.15, -0.1) is 0 Å². The summed E-state index contributed by atoms with van der Waals surface area (Å²) in [7, 11) is 1.60. The van der Waals surface area contributed by atoms with Crippen LogP contribution in [0.5, 0.6) is 5.75 Å². The molecule has 0 radical (unpaired) electrons. The summed E-state index contributed by atoms with van der Waals surface area (Å²) in [4.78, 5) is 26.6. The molecular formula is C25H31NO5. The summed E-state index contributed by atoms with van der Waals surface area (Å²) >= 11 is 0. The molecule has 4 rings (SSSR count).